The van der Waals surface area contributed by atoms with E-state index >= 15 is 0 Å². The highest BCUT2D eigenvalue weighted by Crippen LogP contribution is 2.35. The molecule has 0 saturated carbocycles. The van der Waals surface area contributed by atoms with Gasteiger partial charge in [-0.15, -0.1) is 0 Å². The molecule has 256 valence electrons. The normalized spacial score (nSPS) is 17.6. The molecule has 3 aromatic carbocycles. The van der Waals surface area contributed by atoms with E-state index in [1.165, 1.54) is 6.07 Å². The average Bonchev–Trinajstić information content (AvgIpc) is 3.42. The second-order valence-electron chi connectivity index (χ2n) is 11.7. The van der Waals surface area contributed by atoms with Crippen molar-refractivity contribution in [3.63, 3.8) is 0 Å². The summed E-state index contributed by atoms with van der Waals surface area (Å²) in [6.07, 6.45) is 0.612. The van der Waals surface area contributed by atoms with Crippen molar-refractivity contribution in [3.05, 3.63) is 98.7 Å². The van der Waals surface area contributed by atoms with E-state index in [1.807, 2.05) is 12.1 Å². The standard InChI is InChI=1S/C33H36ClF3N7O4/c34-29-11-9-22(17-28(29)33(35,36)37)19-38-40-32(47)27-18-25(42-13-2-1-3-14-42)10-12-30(27)39-31(46)24-7-4-6-23(16-24)20-43-21-26(8-5-15-45)44(48)41-43/h4,6-7,9-12,16-19,26,41,45H,1-3,5,8,13-15,20-21H2,(H,39,46)(H,40,47)/q-1/b38-19+. The lowest BCUT2D eigenvalue weighted by Crippen LogP contribution is -2.37. The van der Waals surface area contributed by atoms with Crippen molar-refractivity contribution < 1.29 is 27.9 Å². The molecule has 4 N–H and O–H groups in total. The number of hydroxylamine groups is 1. The number of rotatable bonds is 11. The van der Waals surface area contributed by atoms with Crippen LogP contribution in [0.15, 0.2) is 65.8 Å². The Labute approximate surface area is 280 Å². The maximum Gasteiger partial charge on any atom is 0.417 e. The highest BCUT2D eigenvalue weighted by Gasteiger charge is 2.33. The first-order valence-electron chi connectivity index (χ1n) is 15.6. The largest absolute Gasteiger partial charge is 0.770 e. The van der Waals surface area contributed by atoms with Gasteiger partial charge in [0.25, 0.3) is 11.8 Å². The minimum Gasteiger partial charge on any atom is -0.770 e. The van der Waals surface area contributed by atoms with Gasteiger partial charge < -0.3 is 25.7 Å². The van der Waals surface area contributed by atoms with Gasteiger partial charge in [0.1, 0.15) is 0 Å². The molecule has 0 spiro atoms. The van der Waals surface area contributed by atoms with Crippen molar-refractivity contribution in [1.82, 2.24) is 21.1 Å². The molecular weight excluding hydrogens is 651 g/mol. The summed E-state index contributed by atoms with van der Waals surface area (Å²) in [5.41, 5.74) is 6.41. The number of aliphatic hydroxyl groups is 1. The Bertz CT molecular complexity index is 1630. The van der Waals surface area contributed by atoms with Crippen LogP contribution in [0.5, 0.6) is 0 Å². The first-order chi connectivity index (χ1) is 23.0. The Hall–Kier alpha value is -4.05. The number of benzene rings is 3. The Balaban J connectivity index is 1.32. The highest BCUT2D eigenvalue weighted by molar-refractivity contribution is 6.31. The van der Waals surface area contributed by atoms with Gasteiger partial charge in [-0.25, -0.2) is 10.4 Å². The number of alkyl halides is 3. The number of amides is 2. The molecule has 5 rings (SSSR count). The summed E-state index contributed by atoms with van der Waals surface area (Å²) in [6, 6.07) is 15.0. The van der Waals surface area contributed by atoms with E-state index in [0.29, 0.717) is 31.5 Å². The predicted molar refractivity (Wildman–Crippen MR) is 177 cm³/mol. The van der Waals surface area contributed by atoms with Crippen LogP contribution in [0.2, 0.25) is 5.02 Å². The molecule has 48 heavy (non-hydrogen) atoms. The van der Waals surface area contributed by atoms with Gasteiger partial charge in [0.05, 0.1) is 28.1 Å². The number of piperidine rings is 1. The SMILES string of the molecule is O=C(Nc1ccc(N2CCCCC2)cc1C(=O)N/N=C/c1ccc(Cl)c(C(F)(F)F)c1)c1cccc(CN2CC(CCCO)N([O-])N2)c1. The number of hydrogen-bond acceptors (Lipinski definition) is 9. The summed E-state index contributed by atoms with van der Waals surface area (Å²) in [5.74, 6) is -1.14. The predicted octanol–water partition coefficient (Wildman–Crippen LogP) is 5.54. The fraction of sp³-hybridized carbons (Fsp3) is 0.364. The van der Waals surface area contributed by atoms with Crippen molar-refractivity contribution in [2.75, 3.05) is 36.5 Å². The van der Waals surface area contributed by atoms with Crippen molar-refractivity contribution in [2.24, 2.45) is 5.10 Å². The first-order valence-corrected chi connectivity index (χ1v) is 16.0. The number of hydrazine groups is 2. The van der Waals surface area contributed by atoms with Crippen molar-refractivity contribution in [1.29, 1.82) is 0 Å². The van der Waals surface area contributed by atoms with Gasteiger partial charge in [0.2, 0.25) is 0 Å². The van der Waals surface area contributed by atoms with Gasteiger partial charge in [-0.2, -0.15) is 23.8 Å². The molecule has 0 aromatic heterocycles. The van der Waals surface area contributed by atoms with Crippen LogP contribution < -0.4 is 21.2 Å². The summed E-state index contributed by atoms with van der Waals surface area (Å²) < 4.78 is 39.8. The summed E-state index contributed by atoms with van der Waals surface area (Å²) in [5, 5.41) is 30.0. The highest BCUT2D eigenvalue weighted by atomic mass is 35.5. The molecule has 2 aliphatic rings. The third kappa shape index (κ3) is 9.09. The van der Waals surface area contributed by atoms with Crippen LogP contribution in [0.3, 0.4) is 0 Å². The smallest absolute Gasteiger partial charge is 0.417 e. The van der Waals surface area contributed by atoms with E-state index in [0.717, 1.165) is 67.1 Å². The Morgan fingerprint density at radius 1 is 1.06 bits per heavy atom. The topological polar surface area (TPSA) is 136 Å². The molecule has 2 saturated heterocycles. The second kappa shape index (κ2) is 15.9. The number of aliphatic hydroxyl groups excluding tert-OH is 1. The molecule has 0 aliphatic carbocycles. The summed E-state index contributed by atoms with van der Waals surface area (Å²) in [7, 11) is 0. The molecule has 1 unspecified atom stereocenters. The molecule has 2 aliphatic heterocycles. The van der Waals surface area contributed by atoms with E-state index < -0.39 is 28.6 Å². The molecule has 11 nitrogen and oxygen atoms in total. The van der Waals surface area contributed by atoms with Crippen molar-refractivity contribution >= 4 is 41.0 Å². The number of carbonyl (C=O) groups is 2. The maximum absolute atomic E-state index is 13.4. The Morgan fingerprint density at radius 2 is 1.85 bits per heavy atom. The van der Waals surface area contributed by atoms with E-state index in [-0.39, 0.29) is 29.5 Å². The molecule has 1 atom stereocenters. The van der Waals surface area contributed by atoms with E-state index in [2.05, 4.69) is 26.3 Å². The summed E-state index contributed by atoms with van der Waals surface area (Å²) >= 11 is 5.70. The number of carbonyl (C=O) groups excluding carboxylic acids is 2. The number of hydrogen-bond donors (Lipinski definition) is 4. The lowest BCUT2D eigenvalue weighted by Gasteiger charge is -2.29. The van der Waals surface area contributed by atoms with E-state index in [1.54, 1.807) is 35.3 Å². The number of nitrogens with one attached hydrogen (secondary N) is 3. The van der Waals surface area contributed by atoms with Crippen molar-refractivity contribution in [3.8, 4) is 0 Å². The fourth-order valence-corrected chi connectivity index (χ4v) is 5.92. The fourth-order valence-electron chi connectivity index (χ4n) is 5.70. The van der Waals surface area contributed by atoms with Crippen LogP contribution in [0.25, 0.3) is 0 Å². The van der Waals surface area contributed by atoms with Gasteiger partial charge in [-0.1, -0.05) is 29.8 Å². The molecular formula is C33H36ClF3N7O4-. The lowest BCUT2D eigenvalue weighted by molar-refractivity contribution is -0.137. The number of halogens is 4. The van der Waals surface area contributed by atoms with Crippen LogP contribution in [0.4, 0.5) is 24.5 Å². The minimum absolute atomic E-state index is 0.00853. The molecule has 3 aromatic rings. The van der Waals surface area contributed by atoms with Crippen LogP contribution in [0, 0.1) is 5.21 Å². The van der Waals surface area contributed by atoms with Gasteiger partial charge >= 0.3 is 6.18 Å². The number of anilines is 2. The molecule has 15 heteroatoms. The molecule has 2 heterocycles. The second-order valence-corrected chi connectivity index (χ2v) is 12.1. The van der Waals surface area contributed by atoms with E-state index in [4.69, 9.17) is 16.7 Å². The van der Waals surface area contributed by atoms with Gasteiger partial charge in [-0.05, 0) is 85.7 Å². The van der Waals surface area contributed by atoms with Gasteiger partial charge in [0, 0.05) is 50.1 Å². The minimum atomic E-state index is -4.65. The van der Waals surface area contributed by atoms with Crippen LogP contribution in [-0.4, -0.2) is 65.6 Å². The summed E-state index contributed by atoms with van der Waals surface area (Å²) in [4.78, 5) is 29.0. The van der Waals surface area contributed by atoms with Crippen molar-refractivity contribution in [2.45, 2.75) is 50.9 Å². The number of nitrogens with zero attached hydrogens (tertiary/aromatic N) is 4. The third-order valence-corrected chi connectivity index (χ3v) is 8.48. The average molecular weight is 687 g/mol. The molecule has 2 fully saturated rings. The summed E-state index contributed by atoms with van der Waals surface area (Å²) in [6.45, 7) is 2.44. The van der Waals surface area contributed by atoms with Gasteiger partial charge in [-0.3, -0.25) is 9.59 Å². The van der Waals surface area contributed by atoms with Crippen LogP contribution >= 0.6 is 11.6 Å². The maximum atomic E-state index is 13.4. The lowest BCUT2D eigenvalue weighted by atomic mass is 10.1. The van der Waals surface area contributed by atoms with Crippen LogP contribution in [0.1, 0.15) is 69.5 Å². The monoisotopic (exact) mass is 686 g/mol. The van der Waals surface area contributed by atoms with Crippen LogP contribution in [-0.2, 0) is 12.7 Å². The zero-order chi connectivity index (χ0) is 34.3. The quantitative estimate of drug-likeness (QED) is 0.153. The third-order valence-electron chi connectivity index (χ3n) is 8.15. The molecule has 0 radical (unpaired) electrons. The molecule has 0 bridgehead atoms. The molecule has 2 amide bonds. The zero-order valence-corrected chi connectivity index (χ0v) is 26.7. The Kier molecular flexibility index (Phi) is 11.7. The Morgan fingerprint density at radius 3 is 2.60 bits per heavy atom. The van der Waals surface area contributed by atoms with Gasteiger partial charge in [0.15, 0.2) is 0 Å². The zero-order valence-electron chi connectivity index (χ0n) is 26.0. The number of hydrazone groups is 1. The van der Waals surface area contributed by atoms with E-state index in [9.17, 15) is 28.0 Å². The first kappa shape index (κ1) is 35.3.